The van der Waals surface area contributed by atoms with Crippen LogP contribution in [0, 0.1) is 11.8 Å². The number of aromatic nitrogens is 2. The summed E-state index contributed by atoms with van der Waals surface area (Å²) >= 11 is 0. The van der Waals surface area contributed by atoms with Crippen molar-refractivity contribution in [2.45, 2.75) is 32.7 Å². The van der Waals surface area contributed by atoms with E-state index in [0.717, 1.165) is 23.4 Å². The van der Waals surface area contributed by atoms with Gasteiger partial charge in [-0.3, -0.25) is 9.48 Å². The molecule has 1 fully saturated rings. The third kappa shape index (κ3) is 4.89. The fourth-order valence-electron chi connectivity index (χ4n) is 3.46. The highest BCUT2D eigenvalue weighted by molar-refractivity contribution is 5.81. The molecule has 0 radical (unpaired) electrons. The van der Waals surface area contributed by atoms with Gasteiger partial charge in [-0.05, 0) is 36.1 Å². The Bertz CT molecular complexity index is 754. The molecule has 2 heterocycles. The fraction of sp³-hybridized carbons (Fsp3) is 0.524. The first-order chi connectivity index (χ1) is 12.9. The summed E-state index contributed by atoms with van der Waals surface area (Å²) in [5.74, 6) is 1.53. The van der Waals surface area contributed by atoms with Gasteiger partial charge in [0.15, 0.2) is 0 Å². The highest BCUT2D eigenvalue weighted by Gasteiger charge is 2.35. The molecule has 6 nitrogen and oxygen atoms in total. The first-order valence-electron chi connectivity index (χ1n) is 9.66. The Labute approximate surface area is 161 Å². The maximum Gasteiger partial charge on any atom is 0.225 e. The van der Waals surface area contributed by atoms with E-state index < -0.39 is 0 Å². The third-order valence-electron chi connectivity index (χ3n) is 5.03. The smallest absolute Gasteiger partial charge is 0.225 e. The van der Waals surface area contributed by atoms with E-state index in [1.165, 1.54) is 0 Å². The molecule has 1 aliphatic heterocycles. The van der Waals surface area contributed by atoms with E-state index in [4.69, 9.17) is 4.74 Å². The fourth-order valence-corrected chi connectivity index (χ4v) is 3.46. The zero-order valence-electron chi connectivity index (χ0n) is 16.6. The number of ether oxygens (including phenoxy) is 1. The Morgan fingerprint density at radius 1 is 1.30 bits per heavy atom. The van der Waals surface area contributed by atoms with Crippen LogP contribution < -0.4 is 15.4 Å². The SMILES string of the molecule is CC(C)COc1ccc(C(C)NC(=O)[C@H]2CNC[C@@H]2c2cnn(C)c2)cc1. The molecule has 1 aromatic carbocycles. The second kappa shape index (κ2) is 8.57. The zero-order chi connectivity index (χ0) is 19.4. The quantitative estimate of drug-likeness (QED) is 0.786. The van der Waals surface area contributed by atoms with Crippen LogP contribution in [0.4, 0.5) is 0 Å². The van der Waals surface area contributed by atoms with Gasteiger partial charge in [0.05, 0.1) is 24.8 Å². The molecule has 27 heavy (non-hydrogen) atoms. The summed E-state index contributed by atoms with van der Waals surface area (Å²) in [6, 6.07) is 7.93. The Kier molecular flexibility index (Phi) is 6.16. The van der Waals surface area contributed by atoms with Crippen molar-refractivity contribution in [1.82, 2.24) is 20.4 Å². The lowest BCUT2D eigenvalue weighted by atomic mass is 9.90. The number of carbonyl (C=O) groups is 1. The van der Waals surface area contributed by atoms with Gasteiger partial charge in [-0.2, -0.15) is 5.10 Å². The second-order valence-corrected chi connectivity index (χ2v) is 7.82. The van der Waals surface area contributed by atoms with Crippen molar-refractivity contribution in [3.05, 3.63) is 47.8 Å². The predicted octanol–water partition coefficient (Wildman–Crippen LogP) is 2.64. The van der Waals surface area contributed by atoms with Crippen molar-refractivity contribution >= 4 is 5.91 Å². The average molecular weight is 370 g/mol. The molecule has 3 atom stereocenters. The predicted molar refractivity (Wildman–Crippen MR) is 106 cm³/mol. The molecule has 146 valence electrons. The van der Waals surface area contributed by atoms with Gasteiger partial charge in [-0.15, -0.1) is 0 Å². The average Bonchev–Trinajstić information content (AvgIpc) is 3.29. The summed E-state index contributed by atoms with van der Waals surface area (Å²) in [7, 11) is 1.90. The van der Waals surface area contributed by atoms with Crippen LogP contribution in [0.2, 0.25) is 0 Å². The molecule has 0 bridgehead atoms. The van der Waals surface area contributed by atoms with Crippen molar-refractivity contribution in [1.29, 1.82) is 0 Å². The molecular weight excluding hydrogens is 340 g/mol. The lowest BCUT2D eigenvalue weighted by Crippen LogP contribution is -2.35. The van der Waals surface area contributed by atoms with E-state index in [0.29, 0.717) is 19.1 Å². The van der Waals surface area contributed by atoms with Gasteiger partial charge in [0, 0.05) is 32.3 Å². The number of hydrogen-bond acceptors (Lipinski definition) is 4. The number of carbonyl (C=O) groups excluding carboxylic acids is 1. The lowest BCUT2D eigenvalue weighted by molar-refractivity contribution is -0.125. The van der Waals surface area contributed by atoms with Crippen molar-refractivity contribution in [3.8, 4) is 5.75 Å². The van der Waals surface area contributed by atoms with Crippen LogP contribution >= 0.6 is 0 Å². The summed E-state index contributed by atoms with van der Waals surface area (Å²) in [6.45, 7) is 8.48. The summed E-state index contributed by atoms with van der Waals surface area (Å²) in [5.41, 5.74) is 2.19. The third-order valence-corrected chi connectivity index (χ3v) is 5.03. The van der Waals surface area contributed by atoms with Crippen molar-refractivity contribution in [3.63, 3.8) is 0 Å². The van der Waals surface area contributed by atoms with Crippen LogP contribution in [-0.4, -0.2) is 35.4 Å². The van der Waals surface area contributed by atoms with Gasteiger partial charge in [-0.25, -0.2) is 0 Å². The van der Waals surface area contributed by atoms with E-state index in [9.17, 15) is 4.79 Å². The van der Waals surface area contributed by atoms with Crippen LogP contribution in [0.5, 0.6) is 5.75 Å². The van der Waals surface area contributed by atoms with Gasteiger partial charge >= 0.3 is 0 Å². The van der Waals surface area contributed by atoms with Crippen LogP contribution in [-0.2, 0) is 11.8 Å². The summed E-state index contributed by atoms with van der Waals surface area (Å²) < 4.78 is 7.51. The maximum atomic E-state index is 12.9. The first kappa shape index (κ1) is 19.4. The molecule has 2 N–H and O–H groups in total. The van der Waals surface area contributed by atoms with Crippen LogP contribution in [0.15, 0.2) is 36.7 Å². The molecule has 1 aliphatic rings. The molecule has 0 spiro atoms. The molecule has 1 saturated heterocycles. The van der Waals surface area contributed by atoms with E-state index >= 15 is 0 Å². The molecule has 0 saturated carbocycles. The topological polar surface area (TPSA) is 68.2 Å². The zero-order valence-corrected chi connectivity index (χ0v) is 16.6. The number of benzene rings is 1. The van der Waals surface area contributed by atoms with Gasteiger partial charge in [-0.1, -0.05) is 26.0 Å². The maximum absolute atomic E-state index is 12.9. The van der Waals surface area contributed by atoms with E-state index in [2.05, 4.69) is 29.6 Å². The van der Waals surface area contributed by atoms with Gasteiger partial charge in [0.1, 0.15) is 5.75 Å². The molecule has 1 aromatic heterocycles. The van der Waals surface area contributed by atoms with E-state index in [1.807, 2.05) is 50.6 Å². The standard InChI is InChI=1S/C21H30N4O2/c1-14(2)13-27-18-7-5-16(6-8-18)15(3)24-21(26)20-11-22-10-19(20)17-9-23-25(4)12-17/h5-9,12,14-15,19-20,22H,10-11,13H2,1-4H3,(H,24,26)/t15?,19-,20+/m1/s1. The largest absolute Gasteiger partial charge is 0.493 e. The highest BCUT2D eigenvalue weighted by Crippen LogP contribution is 2.28. The molecule has 0 aliphatic carbocycles. The van der Waals surface area contributed by atoms with E-state index in [1.54, 1.807) is 4.68 Å². The minimum Gasteiger partial charge on any atom is -0.493 e. The molecular formula is C21H30N4O2. The lowest BCUT2D eigenvalue weighted by Gasteiger charge is -2.21. The number of amides is 1. The van der Waals surface area contributed by atoms with Crippen molar-refractivity contribution < 1.29 is 9.53 Å². The van der Waals surface area contributed by atoms with Gasteiger partial charge in [0.2, 0.25) is 5.91 Å². The summed E-state index contributed by atoms with van der Waals surface area (Å²) in [5, 5.41) is 10.8. The summed E-state index contributed by atoms with van der Waals surface area (Å²) in [6.07, 6.45) is 3.86. The number of aryl methyl sites for hydroxylation is 1. The number of hydrogen-bond donors (Lipinski definition) is 2. The Hall–Kier alpha value is -2.34. The van der Waals surface area contributed by atoms with E-state index in [-0.39, 0.29) is 23.8 Å². The molecule has 1 amide bonds. The minimum absolute atomic E-state index is 0.0493. The summed E-state index contributed by atoms with van der Waals surface area (Å²) in [4.78, 5) is 12.9. The van der Waals surface area contributed by atoms with Crippen LogP contribution in [0.3, 0.4) is 0 Å². The molecule has 6 heteroatoms. The van der Waals surface area contributed by atoms with Gasteiger partial charge < -0.3 is 15.4 Å². The van der Waals surface area contributed by atoms with Gasteiger partial charge in [0.25, 0.3) is 0 Å². The van der Waals surface area contributed by atoms with Crippen LogP contribution in [0.25, 0.3) is 0 Å². The molecule has 1 unspecified atom stereocenters. The number of nitrogens with one attached hydrogen (secondary N) is 2. The van der Waals surface area contributed by atoms with Crippen molar-refractivity contribution in [2.24, 2.45) is 18.9 Å². The normalized spacial score (nSPS) is 20.6. The molecule has 3 rings (SSSR count). The second-order valence-electron chi connectivity index (χ2n) is 7.82. The number of nitrogens with zero attached hydrogens (tertiary/aromatic N) is 2. The Morgan fingerprint density at radius 3 is 2.67 bits per heavy atom. The highest BCUT2D eigenvalue weighted by atomic mass is 16.5. The minimum atomic E-state index is -0.0784. The van der Waals surface area contributed by atoms with Crippen molar-refractivity contribution in [2.75, 3.05) is 19.7 Å². The monoisotopic (exact) mass is 370 g/mol. The Morgan fingerprint density at radius 2 is 2.04 bits per heavy atom. The molecule has 2 aromatic rings. The Balaban J connectivity index is 1.59. The van der Waals surface area contributed by atoms with Crippen LogP contribution in [0.1, 0.15) is 43.9 Å². The number of rotatable bonds is 7. The first-order valence-corrected chi connectivity index (χ1v) is 9.66.